The van der Waals surface area contributed by atoms with Crippen molar-refractivity contribution in [2.75, 3.05) is 5.32 Å². The van der Waals surface area contributed by atoms with Crippen LogP contribution in [-0.4, -0.2) is 21.0 Å². The lowest BCUT2D eigenvalue weighted by atomic mass is 10.5. The summed E-state index contributed by atoms with van der Waals surface area (Å²) in [6, 6.07) is 0. The standard InChI is InChI=1S/C7H7N3O2/c1-5(11)7(12)10-6-4-8-2-3-9-6/h2-4,11H,1H2,(H,9,10,12). The molecule has 1 rings (SSSR count). The minimum Gasteiger partial charge on any atom is -0.503 e. The highest BCUT2D eigenvalue weighted by Crippen LogP contribution is 1.98. The van der Waals surface area contributed by atoms with Crippen molar-refractivity contribution >= 4 is 11.7 Å². The van der Waals surface area contributed by atoms with Crippen molar-refractivity contribution < 1.29 is 9.90 Å². The highest BCUT2D eigenvalue weighted by Gasteiger charge is 2.04. The fraction of sp³-hybridized carbons (Fsp3) is 0. The number of carbonyl (C=O) groups is 1. The molecule has 2 N–H and O–H groups in total. The Morgan fingerprint density at radius 2 is 2.33 bits per heavy atom. The van der Waals surface area contributed by atoms with Gasteiger partial charge in [-0.1, -0.05) is 6.58 Å². The molecule has 0 unspecified atom stereocenters. The number of amides is 1. The average Bonchev–Trinajstić information content (AvgIpc) is 2.06. The molecule has 0 spiro atoms. The van der Waals surface area contributed by atoms with Crippen molar-refractivity contribution in [1.82, 2.24) is 9.97 Å². The first-order valence-corrected chi connectivity index (χ1v) is 3.15. The summed E-state index contributed by atoms with van der Waals surface area (Å²) in [4.78, 5) is 18.2. The first-order chi connectivity index (χ1) is 5.70. The molecule has 12 heavy (non-hydrogen) atoms. The molecule has 5 heteroatoms. The molecule has 0 atom stereocenters. The van der Waals surface area contributed by atoms with Gasteiger partial charge in [0.1, 0.15) is 0 Å². The maximum atomic E-state index is 10.8. The van der Waals surface area contributed by atoms with Gasteiger partial charge in [0.25, 0.3) is 5.91 Å². The quantitative estimate of drug-likeness (QED) is 0.494. The molecule has 1 amide bonds. The van der Waals surface area contributed by atoms with Crippen LogP contribution in [0.15, 0.2) is 30.9 Å². The molecule has 0 saturated heterocycles. The lowest BCUT2D eigenvalue weighted by Gasteiger charge is -2.00. The lowest BCUT2D eigenvalue weighted by Crippen LogP contribution is -2.14. The Morgan fingerprint density at radius 1 is 1.58 bits per heavy atom. The Morgan fingerprint density at radius 3 is 2.83 bits per heavy atom. The number of anilines is 1. The van der Waals surface area contributed by atoms with Crippen LogP contribution in [0.2, 0.25) is 0 Å². The van der Waals surface area contributed by atoms with E-state index in [4.69, 9.17) is 5.11 Å². The van der Waals surface area contributed by atoms with Gasteiger partial charge in [-0.05, 0) is 0 Å². The zero-order valence-electron chi connectivity index (χ0n) is 6.19. The molecule has 0 saturated carbocycles. The van der Waals surface area contributed by atoms with Gasteiger partial charge < -0.3 is 10.4 Å². The van der Waals surface area contributed by atoms with E-state index in [-0.39, 0.29) is 5.82 Å². The second-order valence-corrected chi connectivity index (χ2v) is 1.99. The first kappa shape index (κ1) is 8.19. The third-order valence-electron chi connectivity index (χ3n) is 1.07. The maximum Gasteiger partial charge on any atom is 0.291 e. The Balaban J connectivity index is 2.65. The third kappa shape index (κ3) is 2.05. The van der Waals surface area contributed by atoms with E-state index in [1.165, 1.54) is 18.6 Å². The molecule has 5 nitrogen and oxygen atoms in total. The largest absolute Gasteiger partial charge is 0.503 e. The number of carbonyl (C=O) groups excluding carboxylic acids is 1. The molecule has 62 valence electrons. The Labute approximate surface area is 68.8 Å². The van der Waals surface area contributed by atoms with Gasteiger partial charge in [0.15, 0.2) is 11.6 Å². The summed E-state index contributed by atoms with van der Waals surface area (Å²) in [5.74, 6) is -0.964. The summed E-state index contributed by atoms with van der Waals surface area (Å²) in [7, 11) is 0. The average molecular weight is 165 g/mol. The van der Waals surface area contributed by atoms with Crippen molar-refractivity contribution in [3.63, 3.8) is 0 Å². The van der Waals surface area contributed by atoms with Gasteiger partial charge in [0.05, 0.1) is 6.20 Å². The van der Waals surface area contributed by atoms with Crippen LogP contribution in [0.4, 0.5) is 5.82 Å². The zero-order valence-corrected chi connectivity index (χ0v) is 6.19. The fourth-order valence-corrected chi connectivity index (χ4v) is 0.552. The number of aliphatic hydroxyl groups excluding tert-OH is 1. The summed E-state index contributed by atoms with van der Waals surface area (Å²) in [5.41, 5.74) is 0. The molecule has 0 bridgehead atoms. The molecule has 0 aliphatic rings. The molecule has 0 aromatic carbocycles. The van der Waals surface area contributed by atoms with E-state index in [2.05, 4.69) is 21.9 Å². The number of aliphatic hydroxyl groups is 1. The van der Waals surface area contributed by atoms with Crippen molar-refractivity contribution in [2.24, 2.45) is 0 Å². The van der Waals surface area contributed by atoms with Crippen LogP contribution in [0.25, 0.3) is 0 Å². The molecule has 1 aromatic heterocycles. The summed E-state index contributed by atoms with van der Waals surface area (Å²) in [6.45, 7) is 3.05. The Hall–Kier alpha value is -1.91. The minimum absolute atomic E-state index is 0.276. The second-order valence-electron chi connectivity index (χ2n) is 1.99. The van der Waals surface area contributed by atoms with Crippen LogP contribution in [-0.2, 0) is 4.79 Å². The lowest BCUT2D eigenvalue weighted by molar-refractivity contribution is -0.115. The number of rotatable bonds is 2. The summed E-state index contributed by atoms with van der Waals surface area (Å²) >= 11 is 0. The smallest absolute Gasteiger partial charge is 0.291 e. The van der Waals surface area contributed by atoms with Gasteiger partial charge in [0, 0.05) is 12.4 Å². The number of hydrogen-bond donors (Lipinski definition) is 2. The van der Waals surface area contributed by atoms with Gasteiger partial charge in [-0.15, -0.1) is 0 Å². The van der Waals surface area contributed by atoms with Crippen LogP contribution in [0.1, 0.15) is 0 Å². The highest BCUT2D eigenvalue weighted by atomic mass is 16.3. The normalized spacial score (nSPS) is 9.00. The molecule has 1 aromatic rings. The summed E-state index contributed by atoms with van der Waals surface area (Å²) in [5, 5.41) is 10.9. The van der Waals surface area contributed by atoms with Crippen molar-refractivity contribution in [2.45, 2.75) is 0 Å². The van der Waals surface area contributed by atoms with Crippen LogP contribution in [0.3, 0.4) is 0 Å². The first-order valence-electron chi connectivity index (χ1n) is 3.15. The van der Waals surface area contributed by atoms with Gasteiger partial charge in [-0.2, -0.15) is 0 Å². The van der Waals surface area contributed by atoms with Gasteiger partial charge >= 0.3 is 0 Å². The van der Waals surface area contributed by atoms with Crippen LogP contribution >= 0.6 is 0 Å². The van der Waals surface area contributed by atoms with E-state index in [9.17, 15) is 4.79 Å². The van der Waals surface area contributed by atoms with E-state index in [1.54, 1.807) is 0 Å². The number of hydrogen-bond acceptors (Lipinski definition) is 4. The van der Waals surface area contributed by atoms with Crippen LogP contribution in [0.5, 0.6) is 0 Å². The Bertz CT molecular complexity index is 297. The van der Waals surface area contributed by atoms with Crippen LogP contribution in [0, 0.1) is 0 Å². The van der Waals surface area contributed by atoms with Crippen molar-refractivity contribution in [1.29, 1.82) is 0 Å². The van der Waals surface area contributed by atoms with E-state index in [0.29, 0.717) is 0 Å². The van der Waals surface area contributed by atoms with Crippen molar-refractivity contribution in [3.8, 4) is 0 Å². The zero-order chi connectivity index (χ0) is 8.97. The van der Waals surface area contributed by atoms with Crippen LogP contribution < -0.4 is 5.32 Å². The second kappa shape index (κ2) is 3.47. The predicted molar refractivity (Wildman–Crippen MR) is 42.4 cm³/mol. The molecular weight excluding hydrogens is 158 g/mol. The fourth-order valence-electron chi connectivity index (χ4n) is 0.552. The number of nitrogens with one attached hydrogen (secondary N) is 1. The Kier molecular flexibility index (Phi) is 2.37. The predicted octanol–water partition coefficient (Wildman–Crippen LogP) is 0.487. The van der Waals surface area contributed by atoms with E-state index >= 15 is 0 Å². The molecule has 0 aliphatic heterocycles. The molecule has 0 fully saturated rings. The molecule has 0 radical (unpaired) electrons. The molecular formula is C7H7N3O2. The van der Waals surface area contributed by atoms with Gasteiger partial charge in [-0.25, -0.2) is 4.98 Å². The number of nitrogens with zero attached hydrogens (tertiary/aromatic N) is 2. The molecule has 1 heterocycles. The number of aromatic nitrogens is 2. The van der Waals surface area contributed by atoms with E-state index < -0.39 is 11.7 Å². The summed E-state index contributed by atoms with van der Waals surface area (Å²) in [6.07, 6.45) is 4.26. The maximum absolute atomic E-state index is 10.8. The van der Waals surface area contributed by atoms with Gasteiger partial charge in [-0.3, -0.25) is 9.78 Å². The monoisotopic (exact) mass is 165 g/mol. The van der Waals surface area contributed by atoms with E-state index in [0.717, 1.165) is 0 Å². The minimum atomic E-state index is -0.685. The summed E-state index contributed by atoms with van der Waals surface area (Å²) < 4.78 is 0. The topological polar surface area (TPSA) is 75.1 Å². The molecule has 0 aliphatic carbocycles. The highest BCUT2D eigenvalue weighted by molar-refractivity contribution is 6.00. The van der Waals surface area contributed by atoms with Gasteiger partial charge in [0.2, 0.25) is 0 Å². The third-order valence-corrected chi connectivity index (χ3v) is 1.07. The van der Waals surface area contributed by atoms with Crippen molar-refractivity contribution in [3.05, 3.63) is 30.9 Å². The van der Waals surface area contributed by atoms with E-state index in [1.807, 2.05) is 0 Å². The SMILES string of the molecule is C=C(O)C(=O)Nc1cnccn1.